The minimum atomic E-state index is 0.388. The van der Waals surface area contributed by atoms with Crippen LogP contribution in [0.25, 0.3) is 0 Å². The van der Waals surface area contributed by atoms with E-state index in [4.69, 9.17) is 5.73 Å². The van der Waals surface area contributed by atoms with Crippen molar-refractivity contribution in [1.29, 1.82) is 0 Å². The first-order chi connectivity index (χ1) is 6.83. The molecule has 0 atom stereocenters. The number of nitrogens with zero attached hydrogens (tertiary/aromatic N) is 2. The minimum Gasteiger partial charge on any atom is -0.368 e. The Hall–Kier alpha value is -0.970. The van der Waals surface area contributed by atoms with Gasteiger partial charge in [0.05, 0.1) is 0 Å². The van der Waals surface area contributed by atoms with E-state index >= 15 is 0 Å². The number of allylic oxidation sites excluding steroid dienone is 1. The fraction of sp³-hybridized carbons (Fsp3) is 0.556. The number of hydrogen-bond donors (Lipinski definition) is 2. The van der Waals surface area contributed by atoms with Gasteiger partial charge in [0.1, 0.15) is 0 Å². The summed E-state index contributed by atoms with van der Waals surface area (Å²) in [5.74, 6) is 1.44. The molecule has 0 amide bonds. The van der Waals surface area contributed by atoms with E-state index < -0.39 is 0 Å². The monoisotopic (exact) mass is 212 g/mol. The molecule has 1 aromatic heterocycles. The fourth-order valence-electron chi connectivity index (χ4n) is 1.05. The van der Waals surface area contributed by atoms with Crippen LogP contribution in [0.4, 0.5) is 5.95 Å². The highest BCUT2D eigenvalue weighted by atomic mass is 32.2. The molecule has 4 nitrogen and oxygen atoms in total. The van der Waals surface area contributed by atoms with Crippen molar-refractivity contribution in [3.05, 3.63) is 12.7 Å². The molecule has 0 fully saturated rings. The van der Waals surface area contributed by atoms with Gasteiger partial charge in [-0.25, -0.2) is 5.10 Å². The van der Waals surface area contributed by atoms with Crippen molar-refractivity contribution in [3.63, 3.8) is 0 Å². The lowest BCUT2D eigenvalue weighted by Gasteiger charge is -1.96. The number of anilines is 1. The quantitative estimate of drug-likeness (QED) is 0.413. The second-order valence-electron chi connectivity index (χ2n) is 2.99. The van der Waals surface area contributed by atoms with Crippen LogP contribution in [0.1, 0.15) is 25.7 Å². The lowest BCUT2D eigenvalue weighted by molar-refractivity contribution is 0.734. The van der Waals surface area contributed by atoms with Crippen molar-refractivity contribution in [2.45, 2.75) is 30.8 Å². The standard InChI is InChI=1S/C9H16N4S/c1-2-3-4-5-6-7-14-9-11-8(10)12-13-9/h2H,1,3-7H2,(H3,10,11,12,13). The van der Waals surface area contributed by atoms with E-state index in [2.05, 4.69) is 21.8 Å². The molecule has 0 spiro atoms. The van der Waals surface area contributed by atoms with E-state index in [1.807, 2.05) is 6.08 Å². The van der Waals surface area contributed by atoms with Crippen molar-refractivity contribution in [3.8, 4) is 0 Å². The van der Waals surface area contributed by atoms with Crippen LogP contribution in [0.3, 0.4) is 0 Å². The number of nitrogen functional groups attached to an aromatic ring is 1. The highest BCUT2D eigenvalue weighted by Crippen LogP contribution is 2.15. The maximum Gasteiger partial charge on any atom is 0.216 e. The second kappa shape index (κ2) is 6.48. The molecular formula is C9H16N4S. The number of rotatable bonds is 7. The van der Waals surface area contributed by atoms with Gasteiger partial charge in [-0.15, -0.1) is 11.7 Å². The molecule has 5 heteroatoms. The van der Waals surface area contributed by atoms with Crippen LogP contribution in [-0.2, 0) is 0 Å². The highest BCUT2D eigenvalue weighted by Gasteiger charge is 1.99. The first-order valence-electron chi connectivity index (χ1n) is 4.74. The van der Waals surface area contributed by atoms with Crippen LogP contribution in [0.15, 0.2) is 17.8 Å². The molecule has 1 rings (SSSR count). The minimum absolute atomic E-state index is 0.388. The zero-order valence-corrected chi connectivity index (χ0v) is 9.02. The molecule has 0 aliphatic rings. The van der Waals surface area contributed by atoms with Crippen molar-refractivity contribution in [2.24, 2.45) is 0 Å². The molecule has 1 heterocycles. The Morgan fingerprint density at radius 3 is 2.93 bits per heavy atom. The number of nitrogens with one attached hydrogen (secondary N) is 1. The number of nitrogens with two attached hydrogens (primary N) is 1. The Bertz CT molecular complexity index is 272. The Labute approximate surface area is 88.4 Å². The third-order valence-corrected chi connectivity index (χ3v) is 2.70. The van der Waals surface area contributed by atoms with Crippen LogP contribution in [0, 0.1) is 0 Å². The van der Waals surface area contributed by atoms with Crippen LogP contribution >= 0.6 is 11.8 Å². The van der Waals surface area contributed by atoms with Crippen LogP contribution in [0.2, 0.25) is 0 Å². The van der Waals surface area contributed by atoms with Crippen molar-refractivity contribution >= 4 is 17.7 Å². The van der Waals surface area contributed by atoms with Crippen LogP contribution in [-0.4, -0.2) is 20.9 Å². The van der Waals surface area contributed by atoms with Gasteiger partial charge in [0.15, 0.2) is 0 Å². The molecule has 0 aromatic carbocycles. The Kier molecular flexibility index (Phi) is 5.14. The summed E-state index contributed by atoms with van der Waals surface area (Å²) in [6.45, 7) is 3.69. The molecule has 3 N–H and O–H groups in total. The molecule has 0 aliphatic heterocycles. The van der Waals surface area contributed by atoms with E-state index in [1.165, 1.54) is 19.3 Å². The number of unbranched alkanes of at least 4 members (excludes halogenated alkanes) is 3. The summed E-state index contributed by atoms with van der Waals surface area (Å²) < 4.78 is 0. The van der Waals surface area contributed by atoms with Crippen molar-refractivity contribution in [2.75, 3.05) is 11.5 Å². The van der Waals surface area contributed by atoms with Crippen LogP contribution in [0.5, 0.6) is 0 Å². The third kappa shape index (κ3) is 4.32. The average molecular weight is 212 g/mol. The van der Waals surface area contributed by atoms with Gasteiger partial charge in [0.2, 0.25) is 11.1 Å². The summed E-state index contributed by atoms with van der Waals surface area (Å²) in [4.78, 5) is 4.00. The predicted molar refractivity (Wildman–Crippen MR) is 60.2 cm³/mol. The summed E-state index contributed by atoms with van der Waals surface area (Å²) in [7, 11) is 0. The Morgan fingerprint density at radius 2 is 2.29 bits per heavy atom. The molecule has 0 saturated carbocycles. The third-order valence-electron chi connectivity index (χ3n) is 1.77. The first kappa shape index (κ1) is 11.1. The lowest BCUT2D eigenvalue weighted by atomic mass is 10.2. The molecule has 78 valence electrons. The smallest absolute Gasteiger partial charge is 0.216 e. The topological polar surface area (TPSA) is 67.6 Å². The van der Waals surface area contributed by atoms with E-state index in [9.17, 15) is 0 Å². The summed E-state index contributed by atoms with van der Waals surface area (Å²) in [6.07, 6.45) is 6.72. The van der Waals surface area contributed by atoms with Gasteiger partial charge in [0, 0.05) is 5.75 Å². The van der Waals surface area contributed by atoms with Gasteiger partial charge in [-0.2, -0.15) is 4.98 Å². The lowest BCUT2D eigenvalue weighted by Crippen LogP contribution is -1.85. The predicted octanol–water partition coefficient (Wildman–Crippen LogP) is 2.23. The van der Waals surface area contributed by atoms with Gasteiger partial charge in [-0.05, 0) is 19.3 Å². The maximum atomic E-state index is 5.39. The molecule has 14 heavy (non-hydrogen) atoms. The summed E-state index contributed by atoms with van der Waals surface area (Å²) in [6, 6.07) is 0. The molecule has 1 aromatic rings. The van der Waals surface area contributed by atoms with E-state index in [-0.39, 0.29) is 0 Å². The summed E-state index contributed by atoms with van der Waals surface area (Å²) in [5.41, 5.74) is 5.39. The molecular weight excluding hydrogens is 196 g/mol. The van der Waals surface area contributed by atoms with Crippen LogP contribution < -0.4 is 5.73 Å². The van der Waals surface area contributed by atoms with Gasteiger partial charge >= 0.3 is 0 Å². The van der Waals surface area contributed by atoms with Crippen molar-refractivity contribution < 1.29 is 0 Å². The van der Waals surface area contributed by atoms with Crippen molar-refractivity contribution in [1.82, 2.24) is 15.2 Å². The Balaban J connectivity index is 2.01. The largest absolute Gasteiger partial charge is 0.368 e. The van der Waals surface area contributed by atoms with Gasteiger partial charge in [-0.1, -0.05) is 24.3 Å². The van der Waals surface area contributed by atoms with Gasteiger partial charge in [0.25, 0.3) is 0 Å². The zero-order chi connectivity index (χ0) is 10.2. The maximum absolute atomic E-state index is 5.39. The first-order valence-corrected chi connectivity index (χ1v) is 5.73. The highest BCUT2D eigenvalue weighted by molar-refractivity contribution is 7.99. The summed E-state index contributed by atoms with van der Waals surface area (Å²) >= 11 is 1.64. The molecule has 0 unspecified atom stereocenters. The number of aromatic amines is 1. The van der Waals surface area contributed by atoms with E-state index in [0.717, 1.165) is 17.3 Å². The number of aromatic nitrogens is 3. The van der Waals surface area contributed by atoms with Gasteiger partial charge < -0.3 is 5.73 Å². The van der Waals surface area contributed by atoms with E-state index in [0.29, 0.717) is 5.95 Å². The average Bonchev–Trinajstić information content (AvgIpc) is 2.58. The molecule has 0 radical (unpaired) electrons. The summed E-state index contributed by atoms with van der Waals surface area (Å²) in [5, 5.41) is 7.29. The normalized spacial score (nSPS) is 10.3. The zero-order valence-electron chi connectivity index (χ0n) is 8.20. The Morgan fingerprint density at radius 1 is 1.43 bits per heavy atom. The van der Waals surface area contributed by atoms with E-state index in [1.54, 1.807) is 11.8 Å². The molecule has 0 aliphatic carbocycles. The van der Waals surface area contributed by atoms with Gasteiger partial charge in [-0.3, -0.25) is 0 Å². The SMILES string of the molecule is C=CCCCCCSc1n[nH]c(N)n1. The number of H-pyrrole nitrogens is 1. The fourth-order valence-corrected chi connectivity index (χ4v) is 1.86. The number of hydrogen-bond acceptors (Lipinski definition) is 4. The second-order valence-corrected chi connectivity index (χ2v) is 4.05. The number of thioether (sulfide) groups is 1. The molecule has 0 saturated heterocycles. The molecule has 0 bridgehead atoms.